The summed E-state index contributed by atoms with van der Waals surface area (Å²) >= 11 is 5.96. The van der Waals surface area contributed by atoms with Gasteiger partial charge in [-0.2, -0.15) is 0 Å². The highest BCUT2D eigenvalue weighted by Crippen LogP contribution is 2.26. The number of rotatable bonds is 6. The second-order valence-electron chi connectivity index (χ2n) is 4.57. The van der Waals surface area contributed by atoms with E-state index in [0.29, 0.717) is 12.4 Å². The number of hydrogen-bond donors (Lipinski definition) is 2. The molecule has 0 saturated carbocycles. The van der Waals surface area contributed by atoms with Crippen LogP contribution in [0.15, 0.2) is 47.4 Å². The summed E-state index contributed by atoms with van der Waals surface area (Å²) in [6.07, 6.45) is 0. The summed E-state index contributed by atoms with van der Waals surface area (Å²) in [6.45, 7) is 2.32. The second-order valence-corrected chi connectivity index (χ2v) is 6.66. The van der Waals surface area contributed by atoms with Gasteiger partial charge in [-0.1, -0.05) is 11.6 Å². The maximum absolute atomic E-state index is 12.4. The van der Waals surface area contributed by atoms with Gasteiger partial charge < -0.3 is 10.5 Å². The number of carbonyl (C=O) groups excluding carboxylic acids is 1. The molecule has 0 aliphatic carbocycles. The van der Waals surface area contributed by atoms with Crippen molar-refractivity contribution in [1.82, 2.24) is 0 Å². The molecular weight excluding hydrogens is 340 g/mol. The molecule has 0 aliphatic heterocycles. The fourth-order valence-electron chi connectivity index (χ4n) is 1.84. The van der Waals surface area contributed by atoms with Gasteiger partial charge in [0, 0.05) is 5.56 Å². The lowest BCUT2D eigenvalue weighted by Crippen LogP contribution is -2.15. The smallest absolute Gasteiger partial charge is 0.261 e. The number of sulfonamides is 1. The van der Waals surface area contributed by atoms with Crippen molar-refractivity contribution in [1.29, 1.82) is 0 Å². The second kappa shape index (κ2) is 6.89. The van der Waals surface area contributed by atoms with Gasteiger partial charge in [0.15, 0.2) is 0 Å². The molecule has 122 valence electrons. The van der Waals surface area contributed by atoms with Gasteiger partial charge in [0.05, 0.1) is 22.2 Å². The number of nitrogens with one attached hydrogen (secondary N) is 1. The van der Waals surface area contributed by atoms with Crippen LogP contribution in [0.5, 0.6) is 5.75 Å². The minimum absolute atomic E-state index is 0.0431. The van der Waals surface area contributed by atoms with Crippen molar-refractivity contribution in [3.05, 3.63) is 53.1 Å². The van der Waals surface area contributed by atoms with Crippen LogP contribution in [0, 0.1) is 0 Å². The Bertz CT molecular complexity index is 820. The highest BCUT2D eigenvalue weighted by Gasteiger charge is 2.17. The quantitative estimate of drug-likeness (QED) is 0.833. The first-order chi connectivity index (χ1) is 10.8. The number of amides is 1. The SMILES string of the molecule is CCOc1ccc(S(=O)(=O)Nc2cc(C(N)=O)ccc2Cl)cc1. The Labute approximate surface area is 139 Å². The van der Waals surface area contributed by atoms with E-state index in [9.17, 15) is 13.2 Å². The molecule has 0 spiro atoms. The Balaban J connectivity index is 2.30. The number of ether oxygens (including phenoxy) is 1. The van der Waals surface area contributed by atoms with E-state index in [1.54, 1.807) is 12.1 Å². The van der Waals surface area contributed by atoms with Gasteiger partial charge in [0.2, 0.25) is 5.91 Å². The Morgan fingerprint density at radius 3 is 2.43 bits per heavy atom. The normalized spacial score (nSPS) is 11.0. The van der Waals surface area contributed by atoms with Crippen LogP contribution in [0.3, 0.4) is 0 Å². The summed E-state index contributed by atoms with van der Waals surface area (Å²) in [6, 6.07) is 10.0. The van der Waals surface area contributed by atoms with Crippen LogP contribution >= 0.6 is 11.6 Å². The third-order valence-corrected chi connectivity index (χ3v) is 4.65. The Morgan fingerprint density at radius 1 is 1.22 bits per heavy atom. The highest BCUT2D eigenvalue weighted by molar-refractivity contribution is 7.92. The van der Waals surface area contributed by atoms with Crippen molar-refractivity contribution in [3.8, 4) is 5.75 Å². The van der Waals surface area contributed by atoms with Crippen molar-refractivity contribution in [2.24, 2.45) is 5.73 Å². The summed E-state index contributed by atoms with van der Waals surface area (Å²) in [7, 11) is -3.85. The lowest BCUT2D eigenvalue weighted by molar-refractivity contribution is 0.100. The van der Waals surface area contributed by atoms with Crippen molar-refractivity contribution in [2.75, 3.05) is 11.3 Å². The van der Waals surface area contributed by atoms with Gasteiger partial charge in [0.25, 0.3) is 10.0 Å². The Kier molecular flexibility index (Phi) is 5.12. The summed E-state index contributed by atoms with van der Waals surface area (Å²) in [5, 5.41) is 0.157. The standard InChI is InChI=1S/C15H15ClN2O4S/c1-2-22-11-4-6-12(7-5-11)23(20,21)18-14-9-10(15(17)19)3-8-13(14)16/h3-9,18H,2H2,1H3,(H2,17,19). The molecule has 0 radical (unpaired) electrons. The predicted molar refractivity (Wildman–Crippen MR) is 88.4 cm³/mol. The summed E-state index contributed by atoms with van der Waals surface area (Å²) in [5.41, 5.74) is 5.41. The number of halogens is 1. The number of hydrogen-bond acceptors (Lipinski definition) is 4. The van der Waals surface area contributed by atoms with Gasteiger partial charge >= 0.3 is 0 Å². The first-order valence-corrected chi connectivity index (χ1v) is 8.54. The maximum atomic E-state index is 12.4. The molecule has 0 saturated heterocycles. The van der Waals surface area contributed by atoms with E-state index in [0.717, 1.165) is 0 Å². The molecule has 2 aromatic rings. The van der Waals surface area contributed by atoms with E-state index in [-0.39, 0.29) is 21.2 Å². The zero-order valence-electron chi connectivity index (χ0n) is 12.2. The topological polar surface area (TPSA) is 98.5 Å². The van der Waals surface area contributed by atoms with Crippen LogP contribution in [-0.4, -0.2) is 20.9 Å². The summed E-state index contributed by atoms with van der Waals surface area (Å²) < 4.78 is 32.4. The molecular formula is C15H15ClN2O4S. The number of anilines is 1. The Hall–Kier alpha value is -2.25. The van der Waals surface area contributed by atoms with Gasteiger partial charge in [-0.3, -0.25) is 9.52 Å². The first-order valence-electron chi connectivity index (χ1n) is 6.68. The Morgan fingerprint density at radius 2 is 1.87 bits per heavy atom. The molecule has 2 aromatic carbocycles. The monoisotopic (exact) mass is 354 g/mol. The predicted octanol–water partition coefficient (Wildman–Crippen LogP) is 2.64. The van der Waals surface area contributed by atoms with Crippen molar-refractivity contribution < 1.29 is 17.9 Å². The zero-order chi connectivity index (χ0) is 17.0. The molecule has 2 rings (SSSR count). The molecule has 0 heterocycles. The molecule has 3 N–H and O–H groups in total. The molecule has 0 atom stereocenters. The molecule has 1 amide bonds. The van der Waals surface area contributed by atoms with E-state index >= 15 is 0 Å². The number of carbonyl (C=O) groups is 1. The fourth-order valence-corrected chi connectivity index (χ4v) is 3.13. The van der Waals surface area contributed by atoms with Crippen LogP contribution in [0.2, 0.25) is 5.02 Å². The maximum Gasteiger partial charge on any atom is 0.261 e. The number of nitrogens with two attached hydrogens (primary N) is 1. The number of primary amides is 1. The summed E-state index contributed by atoms with van der Waals surface area (Å²) in [4.78, 5) is 11.2. The van der Waals surface area contributed by atoms with Crippen molar-refractivity contribution >= 4 is 33.2 Å². The van der Waals surface area contributed by atoms with Gasteiger partial charge in [-0.15, -0.1) is 0 Å². The van der Waals surface area contributed by atoms with E-state index in [1.807, 2.05) is 6.92 Å². The molecule has 23 heavy (non-hydrogen) atoms. The molecule has 0 fully saturated rings. The van der Waals surface area contributed by atoms with E-state index in [2.05, 4.69) is 4.72 Å². The molecule has 0 unspecified atom stereocenters. The van der Waals surface area contributed by atoms with Crippen LogP contribution < -0.4 is 15.2 Å². The van der Waals surface area contributed by atoms with Gasteiger partial charge in [-0.05, 0) is 49.4 Å². The van der Waals surface area contributed by atoms with E-state index in [4.69, 9.17) is 22.1 Å². The molecule has 0 bridgehead atoms. The molecule has 8 heteroatoms. The minimum Gasteiger partial charge on any atom is -0.494 e. The highest BCUT2D eigenvalue weighted by atomic mass is 35.5. The molecule has 6 nitrogen and oxygen atoms in total. The lowest BCUT2D eigenvalue weighted by atomic mass is 10.2. The average molecular weight is 355 g/mol. The van der Waals surface area contributed by atoms with E-state index in [1.165, 1.54) is 30.3 Å². The lowest BCUT2D eigenvalue weighted by Gasteiger charge is -2.11. The largest absolute Gasteiger partial charge is 0.494 e. The minimum atomic E-state index is -3.85. The van der Waals surface area contributed by atoms with Crippen LogP contribution in [0.25, 0.3) is 0 Å². The first kappa shape index (κ1) is 17.1. The molecule has 0 aromatic heterocycles. The molecule has 0 aliphatic rings. The van der Waals surface area contributed by atoms with Crippen LogP contribution in [0.4, 0.5) is 5.69 Å². The van der Waals surface area contributed by atoms with Crippen LogP contribution in [0.1, 0.15) is 17.3 Å². The number of benzene rings is 2. The van der Waals surface area contributed by atoms with Gasteiger partial charge in [-0.25, -0.2) is 8.42 Å². The van der Waals surface area contributed by atoms with Crippen molar-refractivity contribution in [2.45, 2.75) is 11.8 Å². The fraction of sp³-hybridized carbons (Fsp3) is 0.133. The third kappa shape index (κ3) is 4.14. The average Bonchev–Trinajstić information content (AvgIpc) is 2.50. The third-order valence-electron chi connectivity index (χ3n) is 2.94. The van der Waals surface area contributed by atoms with Crippen LogP contribution in [-0.2, 0) is 10.0 Å². The summed E-state index contributed by atoms with van der Waals surface area (Å²) in [5.74, 6) is -0.108. The van der Waals surface area contributed by atoms with Gasteiger partial charge in [0.1, 0.15) is 5.75 Å². The van der Waals surface area contributed by atoms with Crippen molar-refractivity contribution in [3.63, 3.8) is 0 Å². The van der Waals surface area contributed by atoms with E-state index < -0.39 is 15.9 Å². The zero-order valence-corrected chi connectivity index (χ0v) is 13.8.